The van der Waals surface area contributed by atoms with Crippen LogP contribution in [0.15, 0.2) is 54.1 Å². The summed E-state index contributed by atoms with van der Waals surface area (Å²) in [6.45, 7) is 30.6. The molecule has 0 fully saturated rings. The fraction of sp³-hybridized carbons (Fsp3) is 0.667. The number of phenols is 1. The highest BCUT2D eigenvalue weighted by Crippen LogP contribution is 2.61. The van der Waals surface area contributed by atoms with Crippen LogP contribution in [0.3, 0.4) is 0 Å². The van der Waals surface area contributed by atoms with Crippen LogP contribution in [0.1, 0.15) is 161 Å². The summed E-state index contributed by atoms with van der Waals surface area (Å²) in [4.78, 5) is 45.7. The van der Waals surface area contributed by atoms with E-state index in [1.54, 1.807) is 6.07 Å². The van der Waals surface area contributed by atoms with Crippen molar-refractivity contribution in [2.24, 2.45) is 39.4 Å². The molecule has 0 bridgehead atoms. The molecule has 340 valence electrons. The van der Waals surface area contributed by atoms with Crippen molar-refractivity contribution in [1.29, 1.82) is 0 Å². The molecule has 10 heteroatoms. The van der Waals surface area contributed by atoms with Gasteiger partial charge >= 0.3 is 17.9 Å². The van der Waals surface area contributed by atoms with Crippen molar-refractivity contribution in [1.82, 2.24) is 15.0 Å². The lowest BCUT2D eigenvalue weighted by molar-refractivity contribution is -0.188. The number of phenolic OH excluding ortho intramolecular Hbond substituents is 1. The molecular formula is C51H79N3O7. The number of aromatic nitrogens is 3. The van der Waals surface area contributed by atoms with E-state index in [9.17, 15) is 19.5 Å². The van der Waals surface area contributed by atoms with Crippen LogP contribution in [0, 0.1) is 39.4 Å². The molecule has 0 saturated heterocycles. The number of hydrogen-bond donors (Lipinski definition) is 1. The molecule has 0 radical (unpaired) electrons. The molecule has 1 N–H and O–H groups in total. The lowest BCUT2D eigenvalue weighted by Crippen LogP contribution is -2.56. The van der Waals surface area contributed by atoms with Crippen molar-refractivity contribution in [3.8, 4) is 11.4 Å². The molecular weight excluding hydrogens is 767 g/mol. The molecule has 0 amide bonds. The molecule has 0 saturated carbocycles. The normalized spacial score (nSPS) is 16.5. The molecule has 61 heavy (non-hydrogen) atoms. The number of carbonyl (C=O) groups is 3. The van der Waals surface area contributed by atoms with Crippen LogP contribution >= 0.6 is 0 Å². The number of fused-ring (bicyclic) bond motifs is 1. The molecule has 1 heterocycles. The lowest BCUT2D eigenvalue weighted by atomic mass is 9.47. The fourth-order valence-corrected chi connectivity index (χ4v) is 9.08. The van der Waals surface area contributed by atoms with E-state index in [4.69, 9.17) is 14.2 Å². The molecule has 3 rings (SSSR count). The number of allylic oxidation sites excluding steroid dienone is 2. The first kappa shape index (κ1) is 51.1. The molecule has 5 atom stereocenters. The Kier molecular flexibility index (Phi) is 18.2. The number of esters is 3. The average Bonchev–Trinajstić information content (AvgIpc) is 3.62. The van der Waals surface area contributed by atoms with Gasteiger partial charge in [0.1, 0.15) is 22.5 Å². The second kappa shape index (κ2) is 21.7. The van der Waals surface area contributed by atoms with E-state index >= 15 is 0 Å². The summed E-state index contributed by atoms with van der Waals surface area (Å²) >= 11 is 0. The summed E-state index contributed by atoms with van der Waals surface area (Å²) in [7, 11) is 0. The van der Waals surface area contributed by atoms with Crippen molar-refractivity contribution >= 4 is 28.9 Å². The van der Waals surface area contributed by atoms with Crippen molar-refractivity contribution in [2.45, 2.75) is 174 Å². The third-order valence-corrected chi connectivity index (χ3v) is 13.8. The third kappa shape index (κ3) is 12.5. The van der Waals surface area contributed by atoms with E-state index in [-0.39, 0.29) is 36.3 Å². The Morgan fingerprint density at radius 1 is 0.820 bits per heavy atom. The summed E-state index contributed by atoms with van der Waals surface area (Å²) in [5.41, 5.74) is 0.851. The van der Waals surface area contributed by atoms with Gasteiger partial charge in [0.25, 0.3) is 0 Å². The summed E-state index contributed by atoms with van der Waals surface area (Å²) in [5.74, 6) is -2.84. The van der Waals surface area contributed by atoms with Gasteiger partial charge in [0.2, 0.25) is 0 Å². The van der Waals surface area contributed by atoms with Gasteiger partial charge in [-0.3, -0.25) is 14.4 Å². The highest BCUT2D eigenvalue weighted by molar-refractivity contribution is 5.84. The SMILES string of the molecule is C/C=C(\C)CCC(C)(CC(C)(C(=O)OCCc1ccc(O)c(-n2nc3ccccc3n2)c1)C(C)C)C(C)(CC)C(C(=O)OC(C)C)C(C(=O)OC(C)C)C(C)(C)CCCCC. The predicted molar refractivity (Wildman–Crippen MR) is 245 cm³/mol. The molecule has 1 aromatic heterocycles. The second-order valence-corrected chi connectivity index (χ2v) is 19.8. The number of nitrogens with zero attached hydrogens (tertiary/aromatic N) is 3. The molecule has 0 spiro atoms. The average molecular weight is 846 g/mol. The van der Waals surface area contributed by atoms with E-state index in [1.807, 2.05) is 77.9 Å². The maximum Gasteiger partial charge on any atom is 0.312 e. The third-order valence-electron chi connectivity index (χ3n) is 13.8. The first-order chi connectivity index (χ1) is 28.5. The van der Waals surface area contributed by atoms with E-state index in [0.29, 0.717) is 42.4 Å². The van der Waals surface area contributed by atoms with Crippen LogP contribution in [-0.2, 0) is 35.0 Å². The van der Waals surface area contributed by atoms with Crippen LogP contribution in [0.5, 0.6) is 5.75 Å². The maximum atomic E-state index is 14.9. The maximum absolute atomic E-state index is 14.9. The zero-order chi connectivity index (χ0) is 45.9. The van der Waals surface area contributed by atoms with Gasteiger partial charge in [-0.05, 0) is 133 Å². The van der Waals surface area contributed by atoms with E-state index < -0.39 is 45.6 Å². The number of unbranched alkanes of at least 4 members (excludes halogenated alkanes) is 2. The van der Waals surface area contributed by atoms with Gasteiger partial charge in [0.15, 0.2) is 0 Å². The largest absolute Gasteiger partial charge is 0.506 e. The highest BCUT2D eigenvalue weighted by Gasteiger charge is 2.61. The van der Waals surface area contributed by atoms with Gasteiger partial charge in [0, 0.05) is 6.42 Å². The molecule has 0 aliphatic carbocycles. The minimum atomic E-state index is -0.967. The van der Waals surface area contributed by atoms with Gasteiger partial charge in [-0.1, -0.05) is 105 Å². The minimum absolute atomic E-state index is 0.0412. The van der Waals surface area contributed by atoms with E-state index in [2.05, 4.69) is 78.6 Å². The van der Waals surface area contributed by atoms with Crippen LogP contribution in [0.4, 0.5) is 0 Å². The highest BCUT2D eigenvalue weighted by atomic mass is 16.6. The van der Waals surface area contributed by atoms with E-state index in [1.165, 1.54) is 10.4 Å². The Hall–Kier alpha value is -4.21. The summed E-state index contributed by atoms with van der Waals surface area (Å²) in [5, 5.41) is 19.8. The number of ether oxygens (including phenoxy) is 3. The van der Waals surface area contributed by atoms with Gasteiger partial charge in [-0.25, -0.2) is 0 Å². The molecule has 10 nitrogen and oxygen atoms in total. The number of hydrogen-bond acceptors (Lipinski definition) is 9. The zero-order valence-electron chi connectivity index (χ0n) is 40.3. The molecule has 0 aliphatic heterocycles. The first-order valence-corrected chi connectivity index (χ1v) is 22.8. The van der Waals surface area contributed by atoms with Crippen molar-refractivity contribution in [3.63, 3.8) is 0 Å². The Bertz CT molecular complexity index is 1910. The molecule has 5 unspecified atom stereocenters. The monoisotopic (exact) mass is 846 g/mol. The Labute approximate surface area is 367 Å². The van der Waals surface area contributed by atoms with E-state index in [0.717, 1.165) is 37.7 Å². The Morgan fingerprint density at radius 3 is 1.90 bits per heavy atom. The standard InChI is InChI=1S/C51H79N3O7/c1-16-19-22-29-48(11,12)43(45(56)60-35(6)7)44(46(57)61-36(8)9)51(15,18-3)49(13,30-27-37(10)17-2)33-50(14,34(4)5)47(58)59-31-28-38-25-26-42(55)41(32-38)54-52-39-23-20-21-24-40(39)53-54/h17,20-21,23-26,32,34-36,43-44,55H,16,18-19,22,27-31,33H2,1-15H3/b37-17+. The predicted octanol–water partition coefficient (Wildman–Crippen LogP) is 12.2. The van der Waals surface area contributed by atoms with Crippen molar-refractivity contribution in [3.05, 3.63) is 59.7 Å². The van der Waals surface area contributed by atoms with Crippen molar-refractivity contribution in [2.75, 3.05) is 6.61 Å². The lowest BCUT2D eigenvalue weighted by Gasteiger charge is -2.56. The zero-order valence-corrected chi connectivity index (χ0v) is 40.3. The fourth-order valence-electron chi connectivity index (χ4n) is 9.08. The quantitative estimate of drug-likeness (QED) is 0.0405. The van der Waals surface area contributed by atoms with Crippen molar-refractivity contribution < 1.29 is 33.7 Å². The topological polar surface area (TPSA) is 130 Å². The molecule has 0 aliphatic rings. The molecule has 2 aromatic carbocycles. The first-order valence-electron chi connectivity index (χ1n) is 22.8. The van der Waals surface area contributed by atoms with Gasteiger partial charge in [-0.2, -0.15) is 0 Å². The Balaban J connectivity index is 2.11. The number of benzene rings is 2. The van der Waals surface area contributed by atoms with Crippen LogP contribution < -0.4 is 0 Å². The number of aromatic hydroxyl groups is 1. The van der Waals surface area contributed by atoms with Crippen LogP contribution in [-0.4, -0.2) is 56.8 Å². The van der Waals surface area contributed by atoms with Crippen LogP contribution in [0.25, 0.3) is 16.7 Å². The van der Waals surface area contributed by atoms with Gasteiger partial charge in [0.05, 0.1) is 36.1 Å². The smallest absolute Gasteiger partial charge is 0.312 e. The number of rotatable bonds is 24. The summed E-state index contributed by atoms with van der Waals surface area (Å²) in [6, 6.07) is 12.8. The molecule has 3 aromatic rings. The minimum Gasteiger partial charge on any atom is -0.506 e. The van der Waals surface area contributed by atoms with Gasteiger partial charge < -0.3 is 19.3 Å². The summed E-state index contributed by atoms with van der Waals surface area (Å²) in [6.07, 6.45) is 7.86. The van der Waals surface area contributed by atoms with Gasteiger partial charge in [-0.15, -0.1) is 15.0 Å². The van der Waals surface area contributed by atoms with Crippen LogP contribution in [0.2, 0.25) is 0 Å². The second-order valence-electron chi connectivity index (χ2n) is 19.8. The Morgan fingerprint density at radius 2 is 1.39 bits per heavy atom. The summed E-state index contributed by atoms with van der Waals surface area (Å²) < 4.78 is 18.4. The number of carbonyl (C=O) groups excluding carboxylic acids is 3.